The third-order valence-corrected chi connectivity index (χ3v) is 10.0. The Labute approximate surface area is 225 Å². The summed E-state index contributed by atoms with van der Waals surface area (Å²) in [6.45, 7) is 10.3. The van der Waals surface area contributed by atoms with Crippen molar-refractivity contribution in [2.45, 2.75) is 109 Å². The first-order valence-electron chi connectivity index (χ1n) is 14.1. The van der Waals surface area contributed by atoms with Crippen LogP contribution in [0.4, 0.5) is 0 Å². The number of Topliss-reactive ketones (excluding diaryl/α,β-unsaturated/α-hetero) is 1. The Morgan fingerprint density at radius 1 is 1.11 bits per heavy atom. The molecule has 0 bridgehead atoms. The number of esters is 2. The largest absolute Gasteiger partial charge is 0.458 e. The number of ether oxygens (including phenoxy) is 2. The second-order valence-electron chi connectivity index (χ2n) is 12.6. The van der Waals surface area contributed by atoms with Crippen molar-refractivity contribution in [3.05, 3.63) is 23.3 Å². The number of aliphatic hydroxyl groups excluding tert-OH is 1. The number of hydrogen-bond acceptors (Lipinski definition) is 8. The molecule has 0 spiro atoms. The standard InChI is InChI=1S/C30H44O8/c1-7-8-9-10-11-12-23(33)37-26-18(3)29(36)21(24-27(5,6)30(24,26)38-19(4)32)14-20(16-31)15-28(35)22(29)13-17(2)25(28)34/h13-14,18,21-22,24,26,31,35-36H,7-12,15-16H2,1-6H3/t18-,21+,22-,24-,26+,28-,29-,30?/m1/s1. The molecule has 4 aliphatic carbocycles. The highest BCUT2D eigenvalue weighted by Crippen LogP contribution is 2.77. The smallest absolute Gasteiger partial charge is 0.306 e. The van der Waals surface area contributed by atoms with Crippen LogP contribution in [0.5, 0.6) is 0 Å². The van der Waals surface area contributed by atoms with Gasteiger partial charge in [-0.25, -0.2) is 0 Å². The van der Waals surface area contributed by atoms with Crippen molar-refractivity contribution in [2.24, 2.45) is 29.1 Å². The van der Waals surface area contributed by atoms with E-state index in [2.05, 4.69) is 6.92 Å². The van der Waals surface area contributed by atoms with E-state index in [1.807, 2.05) is 13.8 Å². The van der Waals surface area contributed by atoms with E-state index in [-0.39, 0.29) is 19.4 Å². The summed E-state index contributed by atoms with van der Waals surface area (Å²) < 4.78 is 12.1. The number of carbonyl (C=O) groups excluding carboxylic acids is 3. The number of hydrogen-bond donors (Lipinski definition) is 3. The van der Waals surface area contributed by atoms with Crippen molar-refractivity contribution < 1.29 is 39.2 Å². The van der Waals surface area contributed by atoms with E-state index >= 15 is 0 Å². The molecular weight excluding hydrogens is 488 g/mol. The molecule has 0 radical (unpaired) electrons. The first kappa shape index (κ1) is 29.0. The molecule has 4 aliphatic rings. The van der Waals surface area contributed by atoms with E-state index in [0.717, 1.165) is 25.7 Å². The van der Waals surface area contributed by atoms with Crippen LogP contribution in [0.15, 0.2) is 23.3 Å². The minimum atomic E-state index is -1.93. The lowest BCUT2D eigenvalue weighted by molar-refractivity contribution is -0.228. The monoisotopic (exact) mass is 532 g/mol. The average molecular weight is 533 g/mol. The lowest BCUT2D eigenvalue weighted by Gasteiger charge is -2.53. The molecule has 2 saturated carbocycles. The van der Waals surface area contributed by atoms with Crippen molar-refractivity contribution in [1.29, 1.82) is 0 Å². The summed E-state index contributed by atoms with van der Waals surface area (Å²) in [6, 6.07) is 0. The van der Waals surface area contributed by atoms with Gasteiger partial charge in [0.25, 0.3) is 0 Å². The Hall–Kier alpha value is -2.03. The molecular formula is C30H44O8. The third-order valence-electron chi connectivity index (χ3n) is 10.0. The molecule has 3 N–H and O–H groups in total. The number of aliphatic hydroxyl groups is 3. The van der Waals surface area contributed by atoms with Gasteiger partial charge in [0, 0.05) is 48.9 Å². The third kappa shape index (κ3) is 4.01. The minimum Gasteiger partial charge on any atom is -0.458 e. The van der Waals surface area contributed by atoms with Crippen LogP contribution >= 0.6 is 0 Å². The fraction of sp³-hybridized carbons (Fsp3) is 0.767. The SMILES string of the molecule is CCCCCCCC(=O)O[C@H]1[C@@H](C)[C@@]2(O)[C@@H](C=C(CO)C[C@]3(O)C(=O)C(C)=C[C@@H]23)[C@@H]2C(C)(C)C21OC(C)=O. The van der Waals surface area contributed by atoms with Crippen LogP contribution in [0.3, 0.4) is 0 Å². The summed E-state index contributed by atoms with van der Waals surface area (Å²) in [4.78, 5) is 38.7. The van der Waals surface area contributed by atoms with E-state index < -0.39 is 69.7 Å². The van der Waals surface area contributed by atoms with E-state index in [9.17, 15) is 29.7 Å². The highest BCUT2D eigenvalue weighted by Gasteiger charge is 2.87. The lowest BCUT2D eigenvalue weighted by atomic mass is 9.59. The molecule has 0 aromatic carbocycles. The van der Waals surface area contributed by atoms with Gasteiger partial charge in [0.15, 0.2) is 11.4 Å². The van der Waals surface area contributed by atoms with Crippen LogP contribution in [0.1, 0.15) is 86.5 Å². The van der Waals surface area contributed by atoms with Crippen molar-refractivity contribution >= 4 is 17.7 Å². The average Bonchev–Trinajstić information content (AvgIpc) is 3.26. The van der Waals surface area contributed by atoms with E-state index in [0.29, 0.717) is 17.6 Å². The number of fused-ring (bicyclic) bond motifs is 5. The zero-order chi connectivity index (χ0) is 28.3. The quantitative estimate of drug-likeness (QED) is 0.234. The molecule has 212 valence electrons. The van der Waals surface area contributed by atoms with Crippen LogP contribution in [0, 0.1) is 29.1 Å². The Kier molecular flexibility index (Phi) is 7.52. The maximum Gasteiger partial charge on any atom is 0.306 e. The zero-order valence-corrected chi connectivity index (χ0v) is 23.6. The maximum absolute atomic E-state index is 13.2. The summed E-state index contributed by atoms with van der Waals surface area (Å²) in [7, 11) is 0. The van der Waals surface area contributed by atoms with Gasteiger partial charge in [-0.05, 0) is 24.5 Å². The highest BCUT2D eigenvalue weighted by atomic mass is 16.6. The molecule has 2 fully saturated rings. The molecule has 8 heteroatoms. The summed E-state index contributed by atoms with van der Waals surface area (Å²) >= 11 is 0. The summed E-state index contributed by atoms with van der Waals surface area (Å²) in [6.07, 6.45) is 7.35. The fourth-order valence-electron chi connectivity index (χ4n) is 8.13. The molecule has 38 heavy (non-hydrogen) atoms. The lowest BCUT2D eigenvalue weighted by Crippen LogP contribution is -2.66. The molecule has 1 unspecified atom stereocenters. The van der Waals surface area contributed by atoms with Crippen LogP contribution in [-0.4, -0.2) is 62.6 Å². The molecule has 4 rings (SSSR count). The number of unbranched alkanes of at least 4 members (excludes halogenated alkanes) is 4. The predicted octanol–water partition coefficient (Wildman–Crippen LogP) is 3.41. The Balaban J connectivity index is 1.78. The molecule has 8 nitrogen and oxygen atoms in total. The van der Waals surface area contributed by atoms with E-state index in [1.54, 1.807) is 26.0 Å². The molecule has 0 aromatic heterocycles. The van der Waals surface area contributed by atoms with Gasteiger partial charge < -0.3 is 24.8 Å². The van der Waals surface area contributed by atoms with Crippen LogP contribution < -0.4 is 0 Å². The van der Waals surface area contributed by atoms with Gasteiger partial charge >= 0.3 is 11.9 Å². The zero-order valence-electron chi connectivity index (χ0n) is 23.6. The topological polar surface area (TPSA) is 130 Å². The van der Waals surface area contributed by atoms with Gasteiger partial charge in [-0.3, -0.25) is 14.4 Å². The van der Waals surface area contributed by atoms with Gasteiger partial charge in [0.2, 0.25) is 0 Å². The van der Waals surface area contributed by atoms with Crippen molar-refractivity contribution in [2.75, 3.05) is 6.61 Å². The molecule has 0 aliphatic heterocycles. The molecule has 8 atom stereocenters. The Morgan fingerprint density at radius 2 is 1.76 bits per heavy atom. The van der Waals surface area contributed by atoms with E-state index in [1.165, 1.54) is 6.92 Å². The van der Waals surface area contributed by atoms with Crippen molar-refractivity contribution in [3.8, 4) is 0 Å². The van der Waals surface area contributed by atoms with Gasteiger partial charge in [-0.1, -0.05) is 65.5 Å². The number of ketones is 1. The fourth-order valence-corrected chi connectivity index (χ4v) is 8.13. The van der Waals surface area contributed by atoms with Gasteiger partial charge in [0.1, 0.15) is 11.7 Å². The molecule has 0 saturated heterocycles. The number of carbonyl (C=O) groups is 3. The van der Waals surface area contributed by atoms with Crippen LogP contribution in [0.2, 0.25) is 0 Å². The van der Waals surface area contributed by atoms with Gasteiger partial charge in [-0.2, -0.15) is 0 Å². The Morgan fingerprint density at radius 3 is 2.37 bits per heavy atom. The van der Waals surface area contributed by atoms with E-state index in [4.69, 9.17) is 9.47 Å². The maximum atomic E-state index is 13.2. The molecule has 0 amide bonds. The second kappa shape index (κ2) is 9.86. The summed E-state index contributed by atoms with van der Waals surface area (Å²) in [5, 5.41) is 34.5. The summed E-state index contributed by atoms with van der Waals surface area (Å²) in [5.41, 5.74) is -4.70. The molecule has 0 aromatic rings. The first-order chi connectivity index (χ1) is 17.7. The summed E-state index contributed by atoms with van der Waals surface area (Å²) in [5.74, 6) is -4.31. The highest BCUT2D eigenvalue weighted by molar-refractivity contribution is 6.04. The van der Waals surface area contributed by atoms with Crippen LogP contribution in [-0.2, 0) is 23.9 Å². The Bertz CT molecular complexity index is 1060. The van der Waals surface area contributed by atoms with Crippen molar-refractivity contribution in [3.63, 3.8) is 0 Å². The van der Waals surface area contributed by atoms with Gasteiger partial charge in [0.05, 0.1) is 12.2 Å². The normalized spacial score (nSPS) is 40.7. The minimum absolute atomic E-state index is 0.109. The second-order valence-corrected chi connectivity index (χ2v) is 12.6. The predicted molar refractivity (Wildman–Crippen MR) is 140 cm³/mol. The van der Waals surface area contributed by atoms with Crippen LogP contribution in [0.25, 0.3) is 0 Å². The van der Waals surface area contributed by atoms with Gasteiger partial charge in [-0.15, -0.1) is 0 Å². The van der Waals surface area contributed by atoms with Crippen molar-refractivity contribution in [1.82, 2.24) is 0 Å². The number of rotatable bonds is 9. The molecule has 0 heterocycles. The first-order valence-corrected chi connectivity index (χ1v) is 14.1.